The number of aromatic nitrogens is 2. The molecule has 0 aliphatic carbocycles. The number of hydrogen-bond donors (Lipinski definition) is 2. The van der Waals surface area contributed by atoms with Crippen molar-refractivity contribution >= 4 is 22.8 Å². The SMILES string of the molecule is Cc1nc2ccccc2nc1N[C@@H](C(=O)O)C(C)C. The van der Waals surface area contributed by atoms with Gasteiger partial charge in [0, 0.05) is 0 Å². The Balaban J connectivity index is 2.39. The lowest BCUT2D eigenvalue weighted by Crippen LogP contribution is -2.35. The summed E-state index contributed by atoms with van der Waals surface area (Å²) in [5.41, 5.74) is 2.26. The highest BCUT2D eigenvalue weighted by molar-refractivity contribution is 5.80. The number of aliphatic carboxylic acids is 1. The lowest BCUT2D eigenvalue weighted by molar-refractivity contribution is -0.138. The monoisotopic (exact) mass is 259 g/mol. The van der Waals surface area contributed by atoms with Crippen LogP contribution in [0.5, 0.6) is 0 Å². The molecule has 0 bridgehead atoms. The van der Waals surface area contributed by atoms with E-state index in [4.69, 9.17) is 0 Å². The van der Waals surface area contributed by atoms with Gasteiger partial charge in [0.1, 0.15) is 11.9 Å². The molecule has 0 radical (unpaired) electrons. The molecule has 0 aliphatic rings. The Morgan fingerprint density at radius 2 is 1.79 bits per heavy atom. The molecule has 1 heterocycles. The van der Waals surface area contributed by atoms with Crippen LogP contribution in [0.4, 0.5) is 5.82 Å². The summed E-state index contributed by atoms with van der Waals surface area (Å²) in [7, 11) is 0. The number of benzene rings is 1. The van der Waals surface area contributed by atoms with Crippen molar-refractivity contribution in [1.29, 1.82) is 0 Å². The van der Waals surface area contributed by atoms with Crippen LogP contribution in [0.25, 0.3) is 11.0 Å². The number of carboxylic acids is 1. The second-order valence-corrected chi connectivity index (χ2v) is 4.85. The van der Waals surface area contributed by atoms with Crippen LogP contribution in [0.3, 0.4) is 0 Å². The first-order valence-electron chi connectivity index (χ1n) is 6.21. The van der Waals surface area contributed by atoms with E-state index in [1.165, 1.54) is 0 Å². The zero-order valence-corrected chi connectivity index (χ0v) is 11.2. The predicted octanol–water partition coefficient (Wildman–Crippen LogP) is 2.46. The number of aryl methyl sites for hydroxylation is 1. The van der Waals surface area contributed by atoms with E-state index < -0.39 is 12.0 Å². The fourth-order valence-corrected chi connectivity index (χ4v) is 1.89. The molecule has 0 saturated heterocycles. The molecule has 2 N–H and O–H groups in total. The van der Waals surface area contributed by atoms with Gasteiger partial charge < -0.3 is 10.4 Å². The standard InChI is InChI=1S/C14H17N3O2/c1-8(2)12(14(18)19)17-13-9(3)15-10-6-4-5-7-11(10)16-13/h4-8,12H,1-3H3,(H,16,17)(H,18,19)/t12-/m1/s1. The molecule has 0 amide bonds. The Morgan fingerprint density at radius 1 is 1.21 bits per heavy atom. The summed E-state index contributed by atoms with van der Waals surface area (Å²) in [5, 5.41) is 12.2. The highest BCUT2D eigenvalue weighted by atomic mass is 16.4. The van der Waals surface area contributed by atoms with Gasteiger partial charge in [-0.15, -0.1) is 0 Å². The predicted molar refractivity (Wildman–Crippen MR) is 74.2 cm³/mol. The van der Waals surface area contributed by atoms with Crippen LogP contribution in [0.15, 0.2) is 24.3 Å². The molecule has 1 aromatic heterocycles. The molecule has 0 spiro atoms. The Bertz CT molecular complexity index is 611. The van der Waals surface area contributed by atoms with Crippen molar-refractivity contribution in [2.75, 3.05) is 5.32 Å². The van der Waals surface area contributed by atoms with E-state index in [0.717, 1.165) is 11.0 Å². The normalized spacial score (nSPS) is 12.6. The molecular weight excluding hydrogens is 242 g/mol. The third-order valence-corrected chi connectivity index (χ3v) is 2.97. The van der Waals surface area contributed by atoms with Crippen LogP contribution in [0, 0.1) is 12.8 Å². The molecule has 1 atom stereocenters. The van der Waals surface area contributed by atoms with E-state index in [2.05, 4.69) is 15.3 Å². The van der Waals surface area contributed by atoms with Crippen molar-refractivity contribution in [2.24, 2.45) is 5.92 Å². The van der Waals surface area contributed by atoms with Gasteiger partial charge in [-0.3, -0.25) is 0 Å². The van der Waals surface area contributed by atoms with Gasteiger partial charge in [0.2, 0.25) is 0 Å². The van der Waals surface area contributed by atoms with Crippen molar-refractivity contribution in [2.45, 2.75) is 26.8 Å². The van der Waals surface area contributed by atoms with Gasteiger partial charge in [0.15, 0.2) is 0 Å². The maximum Gasteiger partial charge on any atom is 0.326 e. The maximum absolute atomic E-state index is 11.2. The van der Waals surface area contributed by atoms with Crippen molar-refractivity contribution in [1.82, 2.24) is 9.97 Å². The molecule has 2 aromatic rings. The Kier molecular flexibility index (Phi) is 3.64. The van der Waals surface area contributed by atoms with Crippen molar-refractivity contribution in [3.8, 4) is 0 Å². The van der Waals surface area contributed by atoms with Crippen LogP contribution in [-0.2, 0) is 4.79 Å². The molecular formula is C14H17N3O2. The maximum atomic E-state index is 11.2. The highest BCUT2D eigenvalue weighted by Gasteiger charge is 2.22. The zero-order chi connectivity index (χ0) is 14.0. The average Bonchev–Trinajstić information content (AvgIpc) is 2.35. The minimum absolute atomic E-state index is 0.0369. The number of fused-ring (bicyclic) bond motifs is 1. The summed E-state index contributed by atoms with van der Waals surface area (Å²) in [5.74, 6) is -0.394. The van der Waals surface area contributed by atoms with Gasteiger partial charge in [-0.05, 0) is 25.0 Å². The topological polar surface area (TPSA) is 75.1 Å². The summed E-state index contributed by atoms with van der Waals surface area (Å²) in [6.45, 7) is 5.53. The lowest BCUT2D eigenvalue weighted by Gasteiger charge is -2.19. The van der Waals surface area contributed by atoms with Gasteiger partial charge in [0.05, 0.1) is 16.7 Å². The third kappa shape index (κ3) is 2.81. The molecule has 1 aromatic carbocycles. The molecule has 0 unspecified atom stereocenters. The van der Waals surface area contributed by atoms with Gasteiger partial charge in [-0.25, -0.2) is 14.8 Å². The summed E-state index contributed by atoms with van der Waals surface area (Å²) in [6.07, 6.45) is 0. The molecule has 2 rings (SSSR count). The van der Waals surface area contributed by atoms with Crippen molar-refractivity contribution in [3.63, 3.8) is 0 Å². The zero-order valence-electron chi connectivity index (χ0n) is 11.2. The number of carboxylic acid groups (broad SMARTS) is 1. The molecule has 100 valence electrons. The van der Waals surface area contributed by atoms with Gasteiger partial charge in [0.25, 0.3) is 0 Å². The number of anilines is 1. The van der Waals surface area contributed by atoms with Crippen LogP contribution in [-0.4, -0.2) is 27.1 Å². The summed E-state index contributed by atoms with van der Waals surface area (Å²) in [6, 6.07) is 6.86. The van der Waals surface area contributed by atoms with Crippen LogP contribution >= 0.6 is 0 Å². The second kappa shape index (κ2) is 5.22. The first-order chi connectivity index (χ1) is 8.99. The average molecular weight is 259 g/mol. The second-order valence-electron chi connectivity index (χ2n) is 4.85. The number of nitrogens with zero attached hydrogens (tertiary/aromatic N) is 2. The Labute approximate surface area is 111 Å². The third-order valence-electron chi connectivity index (χ3n) is 2.97. The molecule has 19 heavy (non-hydrogen) atoms. The van der Waals surface area contributed by atoms with E-state index in [0.29, 0.717) is 11.5 Å². The van der Waals surface area contributed by atoms with E-state index in [-0.39, 0.29) is 5.92 Å². The molecule has 5 nitrogen and oxygen atoms in total. The van der Waals surface area contributed by atoms with E-state index in [9.17, 15) is 9.90 Å². The highest BCUT2D eigenvalue weighted by Crippen LogP contribution is 2.18. The van der Waals surface area contributed by atoms with Gasteiger partial charge in [-0.1, -0.05) is 26.0 Å². The molecule has 0 saturated carbocycles. The van der Waals surface area contributed by atoms with Crippen LogP contribution in [0.2, 0.25) is 0 Å². The number of para-hydroxylation sites is 2. The largest absolute Gasteiger partial charge is 0.480 e. The van der Waals surface area contributed by atoms with Crippen LogP contribution < -0.4 is 5.32 Å². The van der Waals surface area contributed by atoms with Crippen LogP contribution in [0.1, 0.15) is 19.5 Å². The summed E-state index contributed by atoms with van der Waals surface area (Å²) in [4.78, 5) is 20.1. The Morgan fingerprint density at radius 3 is 2.32 bits per heavy atom. The minimum atomic E-state index is -0.885. The van der Waals surface area contributed by atoms with Gasteiger partial charge in [-0.2, -0.15) is 0 Å². The fraction of sp³-hybridized carbons (Fsp3) is 0.357. The molecule has 5 heteroatoms. The van der Waals surface area contributed by atoms with E-state index in [1.807, 2.05) is 45.0 Å². The van der Waals surface area contributed by atoms with E-state index >= 15 is 0 Å². The first kappa shape index (κ1) is 13.3. The lowest BCUT2D eigenvalue weighted by atomic mass is 10.0. The number of nitrogens with one attached hydrogen (secondary N) is 1. The number of rotatable bonds is 4. The van der Waals surface area contributed by atoms with Gasteiger partial charge >= 0.3 is 5.97 Å². The first-order valence-corrected chi connectivity index (χ1v) is 6.21. The molecule has 0 aliphatic heterocycles. The van der Waals surface area contributed by atoms with Crippen molar-refractivity contribution < 1.29 is 9.90 Å². The molecule has 0 fully saturated rings. The fourth-order valence-electron chi connectivity index (χ4n) is 1.89. The number of hydrogen-bond acceptors (Lipinski definition) is 4. The summed E-state index contributed by atoms with van der Waals surface area (Å²) >= 11 is 0. The Hall–Kier alpha value is -2.17. The smallest absolute Gasteiger partial charge is 0.326 e. The van der Waals surface area contributed by atoms with E-state index in [1.54, 1.807) is 0 Å². The number of carbonyl (C=O) groups is 1. The minimum Gasteiger partial charge on any atom is -0.480 e. The summed E-state index contributed by atoms with van der Waals surface area (Å²) < 4.78 is 0. The quantitative estimate of drug-likeness (QED) is 0.882. The van der Waals surface area contributed by atoms with Crippen molar-refractivity contribution in [3.05, 3.63) is 30.0 Å².